The number of carbonyl (C=O) groups is 2. The van der Waals surface area contributed by atoms with Gasteiger partial charge in [0.25, 0.3) is 5.91 Å². The lowest BCUT2D eigenvalue weighted by Gasteiger charge is -2.09. The minimum atomic E-state index is -0.614. The summed E-state index contributed by atoms with van der Waals surface area (Å²) in [6, 6.07) is 11.0. The van der Waals surface area contributed by atoms with E-state index in [0.717, 1.165) is 0 Å². The Hall–Kier alpha value is -3.19. The Morgan fingerprint density at radius 1 is 1.15 bits per heavy atom. The van der Waals surface area contributed by atoms with Crippen LogP contribution < -0.4 is 10.6 Å². The van der Waals surface area contributed by atoms with Crippen molar-refractivity contribution in [2.45, 2.75) is 13.8 Å². The molecule has 0 atom stereocenters. The Bertz CT molecular complexity index is 1030. The second-order valence-electron chi connectivity index (χ2n) is 5.87. The summed E-state index contributed by atoms with van der Waals surface area (Å²) in [6.45, 7) is 3.07. The van der Waals surface area contributed by atoms with Gasteiger partial charge >= 0.3 is 0 Å². The maximum atomic E-state index is 14.0. The van der Waals surface area contributed by atoms with Crippen LogP contribution in [0, 0.1) is 12.7 Å². The Morgan fingerprint density at radius 2 is 1.93 bits per heavy atom. The minimum absolute atomic E-state index is 0.0406. The molecule has 0 fully saturated rings. The first kappa shape index (κ1) is 18.6. The van der Waals surface area contributed by atoms with Gasteiger partial charge in [-0.2, -0.15) is 5.10 Å². The molecule has 2 N–H and O–H groups in total. The largest absolute Gasteiger partial charge is 0.326 e. The first-order valence-corrected chi connectivity index (χ1v) is 8.42. The lowest BCUT2D eigenvalue weighted by molar-refractivity contribution is -0.114. The van der Waals surface area contributed by atoms with Crippen LogP contribution in [-0.2, 0) is 4.79 Å². The third-order valence-electron chi connectivity index (χ3n) is 3.84. The Labute approximate surface area is 160 Å². The van der Waals surface area contributed by atoms with Gasteiger partial charge in [-0.3, -0.25) is 9.59 Å². The molecule has 0 saturated heterocycles. The fourth-order valence-electron chi connectivity index (χ4n) is 2.59. The van der Waals surface area contributed by atoms with Crippen molar-refractivity contribution in [3.8, 4) is 5.69 Å². The van der Waals surface area contributed by atoms with Crippen molar-refractivity contribution in [1.82, 2.24) is 9.78 Å². The summed E-state index contributed by atoms with van der Waals surface area (Å²) in [5.41, 5.74) is 1.91. The second kappa shape index (κ2) is 7.59. The standard InChI is InChI=1S/C19H16ClFN4O2/c1-11-16(10-22-25(11)15-5-3-4-13(20)8-15)19(27)24-18-9-14(23-12(2)26)6-7-17(18)21/h3-10H,1-2H3,(H,23,26)(H,24,27). The monoisotopic (exact) mass is 386 g/mol. The minimum Gasteiger partial charge on any atom is -0.326 e. The zero-order valence-corrected chi connectivity index (χ0v) is 15.3. The van der Waals surface area contributed by atoms with Crippen molar-refractivity contribution in [2.75, 3.05) is 10.6 Å². The lowest BCUT2D eigenvalue weighted by Crippen LogP contribution is -2.15. The molecule has 0 bridgehead atoms. The van der Waals surface area contributed by atoms with Crippen molar-refractivity contribution in [1.29, 1.82) is 0 Å². The summed E-state index contributed by atoms with van der Waals surface area (Å²) >= 11 is 6.00. The zero-order valence-electron chi connectivity index (χ0n) is 14.6. The number of carbonyl (C=O) groups excluding carboxylic acids is 2. The van der Waals surface area contributed by atoms with E-state index < -0.39 is 11.7 Å². The highest BCUT2D eigenvalue weighted by Crippen LogP contribution is 2.22. The third kappa shape index (κ3) is 4.15. The summed E-state index contributed by atoms with van der Waals surface area (Å²) in [5.74, 6) is -1.42. The van der Waals surface area contributed by atoms with Gasteiger partial charge in [-0.15, -0.1) is 0 Å². The topological polar surface area (TPSA) is 76.0 Å². The third-order valence-corrected chi connectivity index (χ3v) is 4.08. The number of nitrogens with zero attached hydrogens (tertiary/aromatic N) is 2. The van der Waals surface area contributed by atoms with Crippen LogP contribution in [0.4, 0.5) is 15.8 Å². The van der Waals surface area contributed by atoms with E-state index in [1.54, 1.807) is 29.8 Å². The molecule has 1 heterocycles. The van der Waals surface area contributed by atoms with Crippen LogP contribution in [0.15, 0.2) is 48.7 Å². The smallest absolute Gasteiger partial charge is 0.259 e. The number of aromatic nitrogens is 2. The summed E-state index contributed by atoms with van der Waals surface area (Å²) in [5, 5.41) is 9.82. The van der Waals surface area contributed by atoms with Crippen LogP contribution in [0.5, 0.6) is 0 Å². The van der Waals surface area contributed by atoms with Gasteiger partial charge in [-0.25, -0.2) is 9.07 Å². The molecule has 0 aliphatic carbocycles. The molecule has 3 aromatic rings. The number of nitrogens with one attached hydrogen (secondary N) is 2. The van der Waals surface area contributed by atoms with Gasteiger partial charge in [-0.1, -0.05) is 17.7 Å². The average molecular weight is 387 g/mol. The fourth-order valence-corrected chi connectivity index (χ4v) is 2.78. The SMILES string of the molecule is CC(=O)Nc1ccc(F)c(NC(=O)c2cnn(-c3cccc(Cl)c3)c2C)c1. The summed E-state index contributed by atoms with van der Waals surface area (Å²) < 4.78 is 15.6. The molecular weight excluding hydrogens is 371 g/mol. The molecule has 6 nitrogen and oxygen atoms in total. The summed E-state index contributed by atoms with van der Waals surface area (Å²) in [7, 11) is 0. The van der Waals surface area contributed by atoms with Gasteiger partial charge in [0.1, 0.15) is 5.82 Å². The highest BCUT2D eigenvalue weighted by molar-refractivity contribution is 6.30. The molecule has 1 aromatic heterocycles. The Balaban J connectivity index is 1.86. The van der Waals surface area contributed by atoms with Crippen LogP contribution in [0.1, 0.15) is 23.0 Å². The number of rotatable bonds is 4. The number of hydrogen-bond donors (Lipinski definition) is 2. The zero-order chi connectivity index (χ0) is 19.6. The van der Waals surface area contributed by atoms with E-state index in [1.165, 1.54) is 31.3 Å². The van der Waals surface area contributed by atoms with Crippen LogP contribution in [0.2, 0.25) is 5.02 Å². The molecule has 2 aromatic carbocycles. The molecule has 0 aliphatic rings. The first-order chi connectivity index (χ1) is 12.8. The molecule has 3 rings (SSSR count). The highest BCUT2D eigenvalue weighted by atomic mass is 35.5. The van der Waals surface area contributed by atoms with Gasteiger partial charge in [-0.05, 0) is 43.3 Å². The van der Waals surface area contributed by atoms with E-state index in [2.05, 4.69) is 15.7 Å². The maximum absolute atomic E-state index is 14.0. The van der Waals surface area contributed by atoms with Crippen molar-refractivity contribution >= 4 is 34.8 Å². The van der Waals surface area contributed by atoms with Crippen molar-refractivity contribution < 1.29 is 14.0 Å². The van der Waals surface area contributed by atoms with Gasteiger partial charge in [0, 0.05) is 17.6 Å². The van der Waals surface area contributed by atoms with Crippen LogP contribution in [0.3, 0.4) is 0 Å². The Morgan fingerprint density at radius 3 is 2.63 bits per heavy atom. The first-order valence-electron chi connectivity index (χ1n) is 8.04. The molecule has 27 heavy (non-hydrogen) atoms. The molecule has 0 spiro atoms. The predicted molar refractivity (Wildman–Crippen MR) is 102 cm³/mol. The average Bonchev–Trinajstić information content (AvgIpc) is 2.99. The molecule has 138 valence electrons. The van der Waals surface area contributed by atoms with Crippen molar-refractivity contribution in [3.05, 3.63) is 70.8 Å². The molecule has 0 radical (unpaired) electrons. The summed E-state index contributed by atoms with van der Waals surface area (Å²) in [4.78, 5) is 23.7. The van der Waals surface area contributed by atoms with Crippen molar-refractivity contribution in [2.24, 2.45) is 0 Å². The highest BCUT2D eigenvalue weighted by Gasteiger charge is 2.17. The van der Waals surface area contributed by atoms with Gasteiger partial charge in [0.15, 0.2) is 0 Å². The normalized spacial score (nSPS) is 10.5. The van der Waals surface area contributed by atoms with Gasteiger partial charge in [0.05, 0.1) is 28.8 Å². The van der Waals surface area contributed by atoms with Gasteiger partial charge in [0.2, 0.25) is 5.91 Å². The van der Waals surface area contributed by atoms with Crippen LogP contribution in [-0.4, -0.2) is 21.6 Å². The predicted octanol–water partition coefficient (Wildman–Crippen LogP) is 4.18. The maximum Gasteiger partial charge on any atom is 0.259 e. The summed E-state index contributed by atoms with van der Waals surface area (Å²) in [6.07, 6.45) is 1.40. The van der Waals surface area contributed by atoms with Gasteiger partial charge < -0.3 is 10.6 Å². The lowest BCUT2D eigenvalue weighted by atomic mass is 10.2. The number of halogens is 2. The van der Waals surface area contributed by atoms with E-state index in [4.69, 9.17) is 11.6 Å². The molecule has 2 amide bonds. The quantitative estimate of drug-likeness (QED) is 0.706. The van der Waals surface area contributed by atoms with E-state index in [-0.39, 0.29) is 11.6 Å². The van der Waals surface area contributed by atoms with Crippen LogP contribution >= 0.6 is 11.6 Å². The van der Waals surface area contributed by atoms with E-state index in [1.807, 2.05) is 6.07 Å². The van der Waals surface area contributed by atoms with Crippen LogP contribution in [0.25, 0.3) is 5.69 Å². The van der Waals surface area contributed by atoms with E-state index in [9.17, 15) is 14.0 Å². The van der Waals surface area contributed by atoms with E-state index >= 15 is 0 Å². The number of hydrogen-bond acceptors (Lipinski definition) is 3. The molecule has 8 heteroatoms. The van der Waals surface area contributed by atoms with E-state index in [0.29, 0.717) is 27.7 Å². The molecule has 0 aliphatic heterocycles. The Kier molecular flexibility index (Phi) is 5.23. The molecule has 0 unspecified atom stereocenters. The number of anilines is 2. The molecule has 0 saturated carbocycles. The fraction of sp³-hybridized carbons (Fsp3) is 0.105. The second-order valence-corrected chi connectivity index (χ2v) is 6.30. The molecular formula is C19H16ClFN4O2. The van der Waals surface area contributed by atoms with Crippen molar-refractivity contribution in [3.63, 3.8) is 0 Å². The number of amides is 2. The number of benzene rings is 2.